The molecule has 0 unspecified atom stereocenters. The van der Waals surface area contributed by atoms with Crippen molar-refractivity contribution in [3.8, 4) is 0 Å². The normalized spacial score (nSPS) is 11.9. The second-order valence-electron chi connectivity index (χ2n) is 5.54. The average molecular weight is 330 g/mol. The molecule has 23 heavy (non-hydrogen) atoms. The minimum absolute atomic E-state index is 0.00436. The molecule has 0 bridgehead atoms. The number of aromatic nitrogens is 1. The molecule has 0 aliphatic rings. The molecule has 0 saturated heterocycles. The Labute approximate surface area is 135 Å². The molecular formula is C17H18N2O3S. The molecule has 0 spiro atoms. The van der Waals surface area contributed by atoms with E-state index in [0.717, 1.165) is 27.8 Å². The molecule has 3 aromatic rings. The van der Waals surface area contributed by atoms with Gasteiger partial charge in [0.2, 0.25) is 10.0 Å². The molecule has 1 heterocycles. The van der Waals surface area contributed by atoms with E-state index in [1.165, 1.54) is 6.39 Å². The van der Waals surface area contributed by atoms with Gasteiger partial charge in [0.1, 0.15) is 5.52 Å². The summed E-state index contributed by atoms with van der Waals surface area (Å²) in [6.07, 6.45) is 2.01. The SMILES string of the molecule is Cc1ccc(CS(=O)(=O)NCCc2ccc3ocnc3c2)cc1. The summed E-state index contributed by atoms with van der Waals surface area (Å²) in [5, 5.41) is 0. The van der Waals surface area contributed by atoms with Crippen molar-refractivity contribution in [2.24, 2.45) is 0 Å². The molecule has 2 aromatic carbocycles. The molecule has 0 fully saturated rings. The third-order valence-electron chi connectivity index (χ3n) is 3.61. The molecule has 0 aliphatic heterocycles. The van der Waals surface area contributed by atoms with Gasteiger partial charge in [0, 0.05) is 6.54 Å². The van der Waals surface area contributed by atoms with Crippen LogP contribution in [0.4, 0.5) is 0 Å². The molecule has 0 saturated carbocycles. The fourth-order valence-electron chi connectivity index (χ4n) is 2.36. The van der Waals surface area contributed by atoms with Gasteiger partial charge in [-0.2, -0.15) is 0 Å². The second-order valence-corrected chi connectivity index (χ2v) is 7.35. The Kier molecular flexibility index (Phi) is 4.45. The highest BCUT2D eigenvalue weighted by Gasteiger charge is 2.11. The van der Waals surface area contributed by atoms with Crippen LogP contribution in [0.3, 0.4) is 0 Å². The molecule has 120 valence electrons. The maximum atomic E-state index is 12.1. The molecule has 1 N–H and O–H groups in total. The van der Waals surface area contributed by atoms with E-state index in [-0.39, 0.29) is 5.75 Å². The van der Waals surface area contributed by atoms with Crippen LogP contribution in [0.15, 0.2) is 53.3 Å². The lowest BCUT2D eigenvalue weighted by Gasteiger charge is -2.07. The lowest BCUT2D eigenvalue weighted by molar-refractivity contribution is 0.580. The van der Waals surface area contributed by atoms with E-state index in [1.54, 1.807) is 0 Å². The monoisotopic (exact) mass is 330 g/mol. The van der Waals surface area contributed by atoms with Crippen molar-refractivity contribution in [3.63, 3.8) is 0 Å². The average Bonchev–Trinajstić information content (AvgIpc) is 2.97. The number of hydrogen-bond donors (Lipinski definition) is 1. The number of nitrogens with zero attached hydrogens (tertiary/aromatic N) is 1. The number of sulfonamides is 1. The van der Waals surface area contributed by atoms with E-state index < -0.39 is 10.0 Å². The molecule has 0 atom stereocenters. The van der Waals surface area contributed by atoms with Crippen LogP contribution in [0.1, 0.15) is 16.7 Å². The summed E-state index contributed by atoms with van der Waals surface area (Å²) in [5.74, 6) is -0.00436. The van der Waals surface area contributed by atoms with E-state index in [2.05, 4.69) is 9.71 Å². The summed E-state index contributed by atoms with van der Waals surface area (Å²) in [7, 11) is -3.33. The van der Waals surface area contributed by atoms with Crippen molar-refractivity contribution in [2.75, 3.05) is 6.54 Å². The van der Waals surface area contributed by atoms with Crippen molar-refractivity contribution in [3.05, 3.63) is 65.5 Å². The first kappa shape index (κ1) is 15.7. The van der Waals surface area contributed by atoms with Crippen LogP contribution in [-0.2, 0) is 22.2 Å². The Bertz CT molecular complexity index is 899. The van der Waals surface area contributed by atoms with Crippen LogP contribution in [0.5, 0.6) is 0 Å². The Morgan fingerprint density at radius 3 is 2.61 bits per heavy atom. The van der Waals surface area contributed by atoms with Crippen LogP contribution >= 0.6 is 0 Å². The van der Waals surface area contributed by atoms with Gasteiger partial charge in [0.15, 0.2) is 12.0 Å². The van der Waals surface area contributed by atoms with Gasteiger partial charge in [-0.25, -0.2) is 18.1 Å². The van der Waals surface area contributed by atoms with Gasteiger partial charge in [-0.3, -0.25) is 0 Å². The van der Waals surface area contributed by atoms with Crippen LogP contribution in [0.2, 0.25) is 0 Å². The number of benzene rings is 2. The minimum Gasteiger partial charge on any atom is -0.443 e. The first-order chi connectivity index (χ1) is 11.0. The van der Waals surface area contributed by atoms with Gasteiger partial charge in [0.25, 0.3) is 0 Å². The van der Waals surface area contributed by atoms with Gasteiger partial charge in [-0.15, -0.1) is 0 Å². The minimum atomic E-state index is -3.33. The van der Waals surface area contributed by atoms with E-state index in [9.17, 15) is 8.42 Å². The van der Waals surface area contributed by atoms with Gasteiger partial charge in [0.05, 0.1) is 5.75 Å². The van der Waals surface area contributed by atoms with E-state index >= 15 is 0 Å². The molecule has 0 aliphatic carbocycles. The maximum Gasteiger partial charge on any atom is 0.215 e. The Morgan fingerprint density at radius 2 is 1.83 bits per heavy atom. The van der Waals surface area contributed by atoms with E-state index in [1.807, 2.05) is 49.4 Å². The number of aryl methyl sites for hydroxylation is 1. The predicted molar refractivity (Wildman–Crippen MR) is 89.5 cm³/mol. The second kappa shape index (κ2) is 6.52. The van der Waals surface area contributed by atoms with Crippen molar-refractivity contribution in [1.29, 1.82) is 0 Å². The topological polar surface area (TPSA) is 72.2 Å². The fraction of sp³-hybridized carbons (Fsp3) is 0.235. The van der Waals surface area contributed by atoms with E-state index in [4.69, 9.17) is 4.42 Å². The van der Waals surface area contributed by atoms with Crippen LogP contribution in [0.25, 0.3) is 11.1 Å². The standard InChI is InChI=1S/C17H18N2O3S/c1-13-2-4-15(5-3-13)11-23(20,21)19-9-8-14-6-7-17-16(10-14)18-12-22-17/h2-7,10,12,19H,8-9,11H2,1H3. The summed E-state index contributed by atoms with van der Waals surface area (Å²) in [6.45, 7) is 2.33. The van der Waals surface area contributed by atoms with Crippen molar-refractivity contribution >= 4 is 21.1 Å². The molecule has 0 radical (unpaired) electrons. The summed E-state index contributed by atoms with van der Waals surface area (Å²) in [5.41, 5.74) is 4.43. The first-order valence-corrected chi connectivity index (χ1v) is 9.02. The fourth-order valence-corrected chi connectivity index (χ4v) is 3.51. The molecule has 6 heteroatoms. The molecule has 5 nitrogen and oxygen atoms in total. The number of rotatable bonds is 6. The Hall–Kier alpha value is -2.18. The van der Waals surface area contributed by atoms with Crippen LogP contribution < -0.4 is 4.72 Å². The molecule has 3 rings (SSSR count). The maximum absolute atomic E-state index is 12.1. The number of nitrogens with one attached hydrogen (secondary N) is 1. The Morgan fingerprint density at radius 1 is 1.09 bits per heavy atom. The molecule has 0 amide bonds. The van der Waals surface area contributed by atoms with Gasteiger partial charge in [-0.05, 0) is 36.6 Å². The molecular weight excluding hydrogens is 312 g/mol. The number of oxazole rings is 1. The zero-order valence-corrected chi connectivity index (χ0v) is 13.6. The Balaban J connectivity index is 1.57. The highest BCUT2D eigenvalue weighted by atomic mass is 32.2. The summed E-state index contributed by atoms with van der Waals surface area (Å²) < 4.78 is 32.0. The zero-order valence-electron chi connectivity index (χ0n) is 12.8. The van der Waals surface area contributed by atoms with Crippen molar-refractivity contribution in [1.82, 2.24) is 9.71 Å². The quantitative estimate of drug-likeness (QED) is 0.754. The third kappa shape index (κ3) is 4.18. The zero-order chi connectivity index (χ0) is 16.3. The highest BCUT2D eigenvalue weighted by molar-refractivity contribution is 7.88. The largest absolute Gasteiger partial charge is 0.443 e. The number of hydrogen-bond acceptors (Lipinski definition) is 4. The van der Waals surface area contributed by atoms with Crippen molar-refractivity contribution < 1.29 is 12.8 Å². The molecule has 1 aromatic heterocycles. The smallest absolute Gasteiger partial charge is 0.215 e. The van der Waals surface area contributed by atoms with Crippen LogP contribution in [-0.4, -0.2) is 19.9 Å². The van der Waals surface area contributed by atoms with Crippen LogP contribution in [0, 0.1) is 6.92 Å². The lowest BCUT2D eigenvalue weighted by Crippen LogP contribution is -2.27. The summed E-state index contributed by atoms with van der Waals surface area (Å²) in [6, 6.07) is 13.2. The highest BCUT2D eigenvalue weighted by Crippen LogP contribution is 2.14. The number of fused-ring (bicyclic) bond motifs is 1. The van der Waals surface area contributed by atoms with Gasteiger partial charge in [-0.1, -0.05) is 35.9 Å². The third-order valence-corrected chi connectivity index (χ3v) is 4.97. The van der Waals surface area contributed by atoms with Crippen molar-refractivity contribution in [2.45, 2.75) is 19.1 Å². The van der Waals surface area contributed by atoms with Gasteiger partial charge < -0.3 is 4.42 Å². The lowest BCUT2D eigenvalue weighted by atomic mass is 10.1. The predicted octanol–water partition coefficient (Wildman–Crippen LogP) is 2.80. The van der Waals surface area contributed by atoms with Gasteiger partial charge >= 0.3 is 0 Å². The first-order valence-electron chi connectivity index (χ1n) is 7.37. The summed E-state index contributed by atoms with van der Waals surface area (Å²) in [4.78, 5) is 4.09. The van der Waals surface area contributed by atoms with E-state index in [0.29, 0.717) is 13.0 Å². The summed E-state index contributed by atoms with van der Waals surface area (Å²) >= 11 is 0.